The van der Waals surface area contributed by atoms with Crippen LogP contribution in [0, 0.1) is 17.8 Å². The van der Waals surface area contributed by atoms with Crippen molar-refractivity contribution in [2.75, 3.05) is 18.8 Å². The van der Waals surface area contributed by atoms with Crippen molar-refractivity contribution >= 4 is 23.5 Å². The van der Waals surface area contributed by atoms with Crippen LogP contribution in [0.4, 0.5) is 10.6 Å². The number of nitrogen functional groups attached to an aromatic ring is 1. The molecule has 2 aliphatic rings. The second-order valence-corrected chi connectivity index (χ2v) is 8.72. The van der Waals surface area contributed by atoms with Crippen LogP contribution >= 0.6 is 11.6 Å². The molecule has 0 unspecified atom stereocenters. The molecule has 0 aromatic carbocycles. The Morgan fingerprint density at radius 3 is 2.57 bits per heavy atom. The van der Waals surface area contributed by atoms with Gasteiger partial charge >= 0.3 is 6.09 Å². The van der Waals surface area contributed by atoms with Crippen molar-refractivity contribution in [2.24, 2.45) is 5.92 Å². The first-order chi connectivity index (χ1) is 13.2. The lowest BCUT2D eigenvalue weighted by atomic mass is 9.82. The molecule has 2 fully saturated rings. The number of halogens is 1. The van der Waals surface area contributed by atoms with E-state index in [1.807, 2.05) is 20.8 Å². The number of amides is 1. The smallest absolute Gasteiger partial charge is 0.410 e. The summed E-state index contributed by atoms with van der Waals surface area (Å²) in [5.74, 6) is 6.83. The lowest BCUT2D eigenvalue weighted by Gasteiger charge is -2.38. The summed E-state index contributed by atoms with van der Waals surface area (Å²) >= 11 is 5.82. The van der Waals surface area contributed by atoms with Crippen molar-refractivity contribution in [3.05, 3.63) is 16.8 Å². The van der Waals surface area contributed by atoms with Crippen molar-refractivity contribution in [3.8, 4) is 11.8 Å². The van der Waals surface area contributed by atoms with Gasteiger partial charge in [-0.3, -0.25) is 0 Å². The molecule has 1 aromatic rings. The molecule has 2 N–H and O–H groups in total. The van der Waals surface area contributed by atoms with Gasteiger partial charge in [0.05, 0.1) is 17.8 Å². The molecule has 2 heterocycles. The molecule has 0 atom stereocenters. The molecule has 1 aliphatic carbocycles. The number of piperidine rings is 1. The first kappa shape index (κ1) is 20.7. The highest BCUT2D eigenvalue weighted by atomic mass is 35.5. The van der Waals surface area contributed by atoms with E-state index in [2.05, 4.69) is 22.0 Å². The average molecular weight is 407 g/mol. The second-order valence-electron chi connectivity index (χ2n) is 8.33. The molecule has 1 aromatic heterocycles. The number of hydrogen-bond donors (Lipinski definition) is 1. The van der Waals surface area contributed by atoms with Crippen molar-refractivity contribution in [1.29, 1.82) is 0 Å². The van der Waals surface area contributed by atoms with Gasteiger partial charge in [-0.05, 0) is 52.5 Å². The molecule has 1 saturated carbocycles. The Hall–Kier alpha value is -2.04. The Bertz CT molecular complexity index is 770. The maximum atomic E-state index is 12.1. The fourth-order valence-electron chi connectivity index (χ4n) is 3.23. The summed E-state index contributed by atoms with van der Waals surface area (Å²) < 4.78 is 11.6. The van der Waals surface area contributed by atoms with Crippen LogP contribution in [0.1, 0.15) is 52.0 Å². The second kappa shape index (κ2) is 8.54. The first-order valence-corrected chi connectivity index (χ1v) is 10.0. The zero-order valence-corrected chi connectivity index (χ0v) is 17.3. The van der Waals surface area contributed by atoms with Gasteiger partial charge in [0.15, 0.2) is 11.0 Å². The number of nitrogens with zero attached hydrogens (tertiary/aromatic N) is 3. The third-order valence-electron chi connectivity index (χ3n) is 4.78. The first-order valence-electron chi connectivity index (χ1n) is 9.63. The molecule has 1 amide bonds. The maximum Gasteiger partial charge on any atom is 0.410 e. The normalized spacial score (nSPS) is 22.8. The Labute approximate surface area is 170 Å². The SMILES string of the molecule is CC(C)(C)OC(=O)N1CCC(OC2CC(C#Cc3cc(Cl)nnc3N)C2)CC1. The van der Waals surface area contributed by atoms with E-state index < -0.39 is 5.60 Å². The van der Waals surface area contributed by atoms with E-state index in [-0.39, 0.29) is 29.4 Å². The van der Waals surface area contributed by atoms with Crippen molar-refractivity contribution in [1.82, 2.24) is 15.1 Å². The van der Waals surface area contributed by atoms with Crippen molar-refractivity contribution in [3.63, 3.8) is 0 Å². The minimum absolute atomic E-state index is 0.191. The number of ether oxygens (including phenoxy) is 2. The fourth-order valence-corrected chi connectivity index (χ4v) is 3.37. The van der Waals surface area contributed by atoms with E-state index in [9.17, 15) is 4.79 Å². The van der Waals surface area contributed by atoms with Gasteiger partial charge in [0, 0.05) is 19.0 Å². The summed E-state index contributed by atoms with van der Waals surface area (Å²) in [6.07, 6.45) is 3.67. The zero-order valence-electron chi connectivity index (χ0n) is 16.6. The molecule has 3 rings (SSSR count). The largest absolute Gasteiger partial charge is 0.444 e. The van der Waals surface area contributed by atoms with Crippen LogP contribution in [0.2, 0.25) is 5.15 Å². The number of carbonyl (C=O) groups is 1. The molecular formula is C20H27ClN4O3. The monoisotopic (exact) mass is 406 g/mol. The van der Waals surface area contributed by atoms with Crippen LogP contribution in [0.3, 0.4) is 0 Å². The van der Waals surface area contributed by atoms with Crippen molar-refractivity contribution < 1.29 is 14.3 Å². The van der Waals surface area contributed by atoms with E-state index in [0.29, 0.717) is 24.5 Å². The summed E-state index contributed by atoms with van der Waals surface area (Å²) in [6, 6.07) is 1.63. The summed E-state index contributed by atoms with van der Waals surface area (Å²) in [6.45, 7) is 6.98. The third-order valence-corrected chi connectivity index (χ3v) is 4.96. The highest BCUT2D eigenvalue weighted by Crippen LogP contribution is 2.32. The van der Waals surface area contributed by atoms with Crippen LogP contribution in [0.15, 0.2) is 6.07 Å². The number of likely N-dealkylation sites (tertiary alicyclic amines) is 1. The van der Waals surface area contributed by atoms with Gasteiger partial charge in [-0.25, -0.2) is 4.79 Å². The van der Waals surface area contributed by atoms with Gasteiger partial charge in [0.1, 0.15) is 5.60 Å². The summed E-state index contributed by atoms with van der Waals surface area (Å²) in [4.78, 5) is 13.9. The maximum absolute atomic E-state index is 12.1. The van der Waals surface area contributed by atoms with E-state index in [4.69, 9.17) is 26.8 Å². The molecule has 152 valence electrons. The summed E-state index contributed by atoms with van der Waals surface area (Å²) in [5.41, 5.74) is 5.90. The van der Waals surface area contributed by atoms with Gasteiger partial charge in [-0.15, -0.1) is 10.2 Å². The van der Waals surface area contributed by atoms with Gasteiger partial charge in [0.25, 0.3) is 0 Å². The molecule has 7 nitrogen and oxygen atoms in total. The van der Waals surface area contributed by atoms with Gasteiger partial charge < -0.3 is 20.1 Å². The van der Waals surface area contributed by atoms with E-state index in [1.165, 1.54) is 0 Å². The Morgan fingerprint density at radius 2 is 1.93 bits per heavy atom. The number of nitrogens with two attached hydrogens (primary N) is 1. The highest BCUT2D eigenvalue weighted by molar-refractivity contribution is 6.29. The number of rotatable bonds is 2. The predicted octanol–water partition coefficient (Wildman–Crippen LogP) is 3.26. The van der Waals surface area contributed by atoms with Gasteiger partial charge in [-0.1, -0.05) is 23.4 Å². The number of carbonyl (C=O) groups excluding carboxylic acids is 1. The lowest BCUT2D eigenvalue weighted by molar-refractivity contribution is -0.0848. The number of anilines is 1. The standard InChI is InChI=1S/C20H27ClN4O3/c1-20(2,3)28-19(26)25-8-6-15(7-9-25)27-16-10-13(11-16)4-5-14-12-17(21)23-24-18(14)22/h12-13,15-16H,6-11H2,1-3H3,(H2,22,24). The van der Waals surface area contributed by atoms with Crippen LogP contribution in [0.5, 0.6) is 0 Å². The quantitative estimate of drug-likeness (QED) is 0.758. The molecular weight excluding hydrogens is 380 g/mol. The number of hydrogen-bond acceptors (Lipinski definition) is 6. The van der Waals surface area contributed by atoms with Crippen LogP contribution in [-0.2, 0) is 9.47 Å². The van der Waals surface area contributed by atoms with Gasteiger partial charge in [0.2, 0.25) is 0 Å². The Morgan fingerprint density at radius 1 is 1.25 bits per heavy atom. The summed E-state index contributed by atoms with van der Waals surface area (Å²) in [7, 11) is 0. The molecule has 8 heteroatoms. The average Bonchev–Trinajstić information content (AvgIpc) is 2.58. The molecule has 1 saturated heterocycles. The van der Waals surface area contributed by atoms with Gasteiger partial charge in [-0.2, -0.15) is 0 Å². The highest BCUT2D eigenvalue weighted by Gasteiger charge is 2.33. The topological polar surface area (TPSA) is 90.6 Å². The zero-order chi connectivity index (χ0) is 20.3. The Kier molecular flexibility index (Phi) is 6.31. The fraction of sp³-hybridized carbons (Fsp3) is 0.650. The predicted molar refractivity (Wildman–Crippen MR) is 107 cm³/mol. The van der Waals surface area contributed by atoms with Crippen molar-refractivity contribution in [2.45, 2.75) is 64.3 Å². The summed E-state index contributed by atoms with van der Waals surface area (Å²) in [5, 5.41) is 7.73. The van der Waals surface area contributed by atoms with E-state index in [1.54, 1.807) is 11.0 Å². The third kappa shape index (κ3) is 5.73. The number of aromatic nitrogens is 2. The Balaban J connectivity index is 1.39. The molecule has 28 heavy (non-hydrogen) atoms. The molecule has 0 bridgehead atoms. The van der Waals surface area contributed by atoms with Crippen LogP contribution < -0.4 is 5.73 Å². The van der Waals surface area contributed by atoms with E-state index in [0.717, 1.165) is 25.7 Å². The van der Waals surface area contributed by atoms with Crippen LogP contribution in [-0.4, -0.2) is 52.1 Å². The minimum Gasteiger partial charge on any atom is -0.444 e. The molecule has 0 spiro atoms. The minimum atomic E-state index is -0.464. The van der Waals surface area contributed by atoms with Crippen LogP contribution in [0.25, 0.3) is 0 Å². The lowest BCUT2D eigenvalue weighted by Crippen LogP contribution is -2.45. The molecule has 1 aliphatic heterocycles. The van der Waals surface area contributed by atoms with E-state index >= 15 is 0 Å². The molecule has 0 radical (unpaired) electrons.